The van der Waals surface area contributed by atoms with Gasteiger partial charge in [0.25, 0.3) is 0 Å². The summed E-state index contributed by atoms with van der Waals surface area (Å²) in [6.07, 6.45) is 1.47. The molecule has 0 saturated carbocycles. The Morgan fingerprint density at radius 2 is 1.92 bits per heavy atom. The quantitative estimate of drug-likeness (QED) is 0.777. The van der Waals surface area contributed by atoms with Gasteiger partial charge >= 0.3 is 0 Å². The van der Waals surface area contributed by atoms with E-state index < -0.39 is 0 Å². The standard InChI is InChI=1S/C20H22ClNOS/c1-15-4-2-3-5-18(15)19-10-11-22(12-13-24-19)20(23)14-16-6-8-17(21)9-7-16/h2-9,19H,10-14H2,1H3/t19-/m0/s1. The third-order valence-electron chi connectivity index (χ3n) is 4.50. The van der Waals surface area contributed by atoms with Crippen molar-refractivity contribution in [3.8, 4) is 0 Å². The molecule has 0 radical (unpaired) electrons. The summed E-state index contributed by atoms with van der Waals surface area (Å²) in [4.78, 5) is 14.6. The highest BCUT2D eigenvalue weighted by atomic mass is 35.5. The van der Waals surface area contributed by atoms with Crippen LogP contribution in [-0.2, 0) is 11.2 Å². The molecule has 4 heteroatoms. The number of carbonyl (C=O) groups is 1. The molecule has 3 rings (SSSR count). The molecule has 2 nitrogen and oxygen atoms in total. The minimum atomic E-state index is 0.211. The zero-order chi connectivity index (χ0) is 16.9. The van der Waals surface area contributed by atoms with Crippen molar-refractivity contribution < 1.29 is 4.79 Å². The van der Waals surface area contributed by atoms with Gasteiger partial charge in [0.05, 0.1) is 6.42 Å². The van der Waals surface area contributed by atoms with E-state index in [0.717, 1.165) is 30.8 Å². The Bertz CT molecular complexity index is 701. The Morgan fingerprint density at radius 3 is 2.67 bits per heavy atom. The summed E-state index contributed by atoms with van der Waals surface area (Å²) in [5, 5.41) is 1.19. The monoisotopic (exact) mass is 359 g/mol. The number of halogens is 1. The molecule has 24 heavy (non-hydrogen) atoms. The maximum atomic E-state index is 12.6. The van der Waals surface area contributed by atoms with E-state index in [2.05, 4.69) is 31.2 Å². The summed E-state index contributed by atoms with van der Waals surface area (Å²) in [5.74, 6) is 1.20. The van der Waals surface area contributed by atoms with Gasteiger partial charge in [-0.05, 0) is 42.2 Å². The molecule has 0 N–H and O–H groups in total. The third kappa shape index (κ3) is 4.34. The highest BCUT2D eigenvalue weighted by Gasteiger charge is 2.22. The second-order valence-corrected chi connectivity index (χ2v) is 7.94. The van der Waals surface area contributed by atoms with Crippen molar-refractivity contribution in [2.45, 2.75) is 25.0 Å². The van der Waals surface area contributed by atoms with Crippen LogP contribution in [0.3, 0.4) is 0 Å². The van der Waals surface area contributed by atoms with Crippen molar-refractivity contribution >= 4 is 29.3 Å². The Morgan fingerprint density at radius 1 is 1.17 bits per heavy atom. The summed E-state index contributed by atoms with van der Waals surface area (Å²) in [5.41, 5.74) is 3.78. The average Bonchev–Trinajstić information content (AvgIpc) is 2.83. The van der Waals surface area contributed by atoms with E-state index in [-0.39, 0.29) is 5.91 Å². The second kappa shape index (κ2) is 8.09. The number of carbonyl (C=O) groups excluding carboxylic acids is 1. The van der Waals surface area contributed by atoms with Crippen molar-refractivity contribution in [1.29, 1.82) is 0 Å². The zero-order valence-electron chi connectivity index (χ0n) is 13.9. The van der Waals surface area contributed by atoms with Crippen LogP contribution in [0.15, 0.2) is 48.5 Å². The van der Waals surface area contributed by atoms with Crippen LogP contribution < -0.4 is 0 Å². The fourth-order valence-electron chi connectivity index (χ4n) is 3.10. The Kier molecular flexibility index (Phi) is 5.85. The molecule has 0 spiro atoms. The maximum absolute atomic E-state index is 12.6. The van der Waals surface area contributed by atoms with Crippen LogP contribution in [0.5, 0.6) is 0 Å². The lowest BCUT2D eigenvalue weighted by molar-refractivity contribution is -0.130. The molecule has 126 valence electrons. The van der Waals surface area contributed by atoms with E-state index in [9.17, 15) is 4.79 Å². The lowest BCUT2D eigenvalue weighted by Gasteiger charge is -2.21. The molecule has 1 saturated heterocycles. The average molecular weight is 360 g/mol. The molecule has 0 aliphatic carbocycles. The SMILES string of the molecule is Cc1ccccc1[C@@H]1CCN(C(=O)Cc2ccc(Cl)cc2)CCS1. The van der Waals surface area contributed by atoms with Crippen molar-refractivity contribution in [2.75, 3.05) is 18.8 Å². The van der Waals surface area contributed by atoms with Crippen LogP contribution in [0.25, 0.3) is 0 Å². The molecule has 1 aliphatic heterocycles. The lowest BCUT2D eigenvalue weighted by atomic mass is 10.0. The van der Waals surface area contributed by atoms with Crippen molar-refractivity contribution in [2.24, 2.45) is 0 Å². The first-order chi connectivity index (χ1) is 11.6. The molecule has 1 amide bonds. The lowest BCUT2D eigenvalue weighted by Crippen LogP contribution is -2.34. The van der Waals surface area contributed by atoms with Gasteiger partial charge in [-0.2, -0.15) is 11.8 Å². The van der Waals surface area contributed by atoms with Gasteiger partial charge in [0.2, 0.25) is 5.91 Å². The normalized spacial score (nSPS) is 18.2. The van der Waals surface area contributed by atoms with Crippen LogP contribution >= 0.6 is 23.4 Å². The highest BCUT2D eigenvalue weighted by molar-refractivity contribution is 7.99. The van der Waals surface area contributed by atoms with E-state index in [0.29, 0.717) is 16.7 Å². The van der Waals surface area contributed by atoms with Crippen molar-refractivity contribution in [3.05, 3.63) is 70.2 Å². The molecule has 0 aromatic heterocycles. The number of nitrogens with zero attached hydrogens (tertiary/aromatic N) is 1. The topological polar surface area (TPSA) is 20.3 Å². The van der Waals surface area contributed by atoms with Crippen LogP contribution in [0.1, 0.15) is 28.4 Å². The number of amides is 1. The highest BCUT2D eigenvalue weighted by Crippen LogP contribution is 2.36. The van der Waals surface area contributed by atoms with Gasteiger partial charge in [-0.15, -0.1) is 0 Å². The van der Waals surface area contributed by atoms with Crippen molar-refractivity contribution in [1.82, 2.24) is 4.90 Å². The number of benzene rings is 2. The molecule has 0 bridgehead atoms. The first kappa shape index (κ1) is 17.4. The van der Waals surface area contributed by atoms with Crippen LogP contribution in [0.4, 0.5) is 0 Å². The van der Waals surface area contributed by atoms with E-state index in [1.807, 2.05) is 40.9 Å². The minimum Gasteiger partial charge on any atom is -0.342 e. The van der Waals surface area contributed by atoms with Gasteiger partial charge in [0.15, 0.2) is 0 Å². The van der Waals surface area contributed by atoms with Crippen LogP contribution in [0, 0.1) is 6.92 Å². The summed E-state index contributed by atoms with van der Waals surface area (Å²) in [6.45, 7) is 3.84. The molecular weight excluding hydrogens is 338 g/mol. The summed E-state index contributed by atoms with van der Waals surface area (Å²) in [7, 11) is 0. The van der Waals surface area contributed by atoms with Gasteiger partial charge in [0, 0.05) is 29.1 Å². The number of hydrogen-bond acceptors (Lipinski definition) is 2. The Balaban J connectivity index is 1.61. The molecule has 2 aromatic rings. The number of aryl methyl sites for hydroxylation is 1. The molecule has 1 fully saturated rings. The number of thioether (sulfide) groups is 1. The number of rotatable bonds is 3. The van der Waals surface area contributed by atoms with E-state index in [1.165, 1.54) is 11.1 Å². The van der Waals surface area contributed by atoms with E-state index in [1.54, 1.807) is 0 Å². The Hall–Kier alpha value is -1.45. The fraction of sp³-hybridized carbons (Fsp3) is 0.350. The fourth-order valence-corrected chi connectivity index (χ4v) is 4.56. The molecule has 1 aliphatic rings. The van der Waals surface area contributed by atoms with Gasteiger partial charge in [0.1, 0.15) is 0 Å². The summed E-state index contributed by atoms with van der Waals surface area (Å²) < 4.78 is 0. The molecule has 1 atom stereocenters. The van der Waals surface area contributed by atoms with Crippen molar-refractivity contribution in [3.63, 3.8) is 0 Å². The Labute approximate surface area is 153 Å². The molecule has 1 heterocycles. The van der Waals surface area contributed by atoms with E-state index >= 15 is 0 Å². The predicted octanol–water partition coefficient (Wildman–Crippen LogP) is 4.90. The number of hydrogen-bond donors (Lipinski definition) is 0. The van der Waals surface area contributed by atoms with Gasteiger partial charge in [-0.1, -0.05) is 48.0 Å². The van der Waals surface area contributed by atoms with Crippen LogP contribution in [0.2, 0.25) is 5.02 Å². The van der Waals surface area contributed by atoms with Gasteiger partial charge in [-0.3, -0.25) is 4.79 Å². The second-order valence-electron chi connectivity index (χ2n) is 6.19. The minimum absolute atomic E-state index is 0.211. The first-order valence-corrected chi connectivity index (χ1v) is 9.75. The third-order valence-corrected chi connectivity index (χ3v) is 6.06. The first-order valence-electron chi connectivity index (χ1n) is 8.33. The van der Waals surface area contributed by atoms with Gasteiger partial charge < -0.3 is 4.90 Å². The molecule has 0 unspecified atom stereocenters. The maximum Gasteiger partial charge on any atom is 0.227 e. The zero-order valence-corrected chi connectivity index (χ0v) is 15.4. The smallest absolute Gasteiger partial charge is 0.227 e. The largest absolute Gasteiger partial charge is 0.342 e. The van der Waals surface area contributed by atoms with Crippen LogP contribution in [-0.4, -0.2) is 29.6 Å². The predicted molar refractivity (Wildman–Crippen MR) is 103 cm³/mol. The van der Waals surface area contributed by atoms with Gasteiger partial charge in [-0.25, -0.2) is 0 Å². The molecule has 2 aromatic carbocycles. The summed E-state index contributed by atoms with van der Waals surface area (Å²) in [6, 6.07) is 16.1. The summed E-state index contributed by atoms with van der Waals surface area (Å²) >= 11 is 7.88. The molecular formula is C20H22ClNOS. The van der Waals surface area contributed by atoms with E-state index in [4.69, 9.17) is 11.6 Å².